The van der Waals surface area contributed by atoms with Crippen LogP contribution in [0.3, 0.4) is 0 Å². The zero-order chi connectivity index (χ0) is 10.0. The van der Waals surface area contributed by atoms with E-state index in [1.165, 1.54) is 5.75 Å². The topological polar surface area (TPSA) is 29.5 Å². The molecule has 2 aliphatic heterocycles. The first-order valence-electron chi connectivity index (χ1n) is 5.65. The summed E-state index contributed by atoms with van der Waals surface area (Å²) in [5.74, 6) is 1.58. The zero-order valence-electron chi connectivity index (χ0n) is 8.87. The Morgan fingerprint density at radius 1 is 1.43 bits per heavy atom. The first-order valence-corrected chi connectivity index (χ1v) is 6.70. The van der Waals surface area contributed by atoms with E-state index in [2.05, 4.69) is 6.92 Å². The first-order chi connectivity index (χ1) is 6.73. The Morgan fingerprint density at radius 3 is 2.93 bits per heavy atom. The Bertz CT molecular complexity index is 192. The van der Waals surface area contributed by atoms with Gasteiger partial charge in [0.15, 0.2) is 0 Å². The van der Waals surface area contributed by atoms with Crippen molar-refractivity contribution in [2.45, 2.75) is 43.5 Å². The van der Waals surface area contributed by atoms with E-state index in [9.17, 15) is 5.11 Å². The lowest BCUT2D eigenvalue weighted by Crippen LogP contribution is -2.50. The van der Waals surface area contributed by atoms with Gasteiger partial charge in [-0.1, -0.05) is 6.92 Å². The Balaban J connectivity index is 2.03. The molecule has 0 spiro atoms. The molecule has 0 aromatic heterocycles. The van der Waals surface area contributed by atoms with Crippen LogP contribution in [0.5, 0.6) is 0 Å². The van der Waals surface area contributed by atoms with Crippen molar-refractivity contribution in [2.75, 3.05) is 19.0 Å². The molecule has 2 saturated heterocycles. The van der Waals surface area contributed by atoms with Crippen LogP contribution in [0.4, 0.5) is 0 Å². The third-order valence-electron chi connectivity index (χ3n) is 3.66. The minimum absolute atomic E-state index is 0.374. The van der Waals surface area contributed by atoms with Crippen molar-refractivity contribution >= 4 is 11.8 Å². The summed E-state index contributed by atoms with van der Waals surface area (Å²) < 4.78 is 5.48. The van der Waals surface area contributed by atoms with Gasteiger partial charge in [0.1, 0.15) is 0 Å². The van der Waals surface area contributed by atoms with Gasteiger partial charge in [-0.15, -0.1) is 0 Å². The summed E-state index contributed by atoms with van der Waals surface area (Å²) in [6.07, 6.45) is 4.38. The molecule has 0 aliphatic carbocycles. The molecule has 0 saturated carbocycles. The molecular formula is C11H20O2S. The maximum Gasteiger partial charge on any atom is 0.0813 e. The van der Waals surface area contributed by atoms with Crippen LogP contribution in [0.2, 0.25) is 0 Å². The SMILES string of the molecule is CC1SCCCC1(O)C1CCCOC1. The number of hydrogen-bond acceptors (Lipinski definition) is 3. The summed E-state index contributed by atoms with van der Waals surface area (Å²) >= 11 is 1.91. The molecule has 0 amide bonds. The van der Waals surface area contributed by atoms with Gasteiger partial charge in [-0.05, 0) is 31.4 Å². The van der Waals surface area contributed by atoms with Crippen LogP contribution in [0, 0.1) is 5.92 Å². The van der Waals surface area contributed by atoms with E-state index in [0.717, 1.165) is 38.9 Å². The highest BCUT2D eigenvalue weighted by Gasteiger charge is 2.43. The van der Waals surface area contributed by atoms with Gasteiger partial charge in [0.05, 0.1) is 12.2 Å². The minimum Gasteiger partial charge on any atom is -0.388 e. The Kier molecular flexibility index (Phi) is 3.40. The molecule has 1 N–H and O–H groups in total. The van der Waals surface area contributed by atoms with Crippen LogP contribution < -0.4 is 0 Å². The van der Waals surface area contributed by atoms with E-state index in [-0.39, 0.29) is 0 Å². The average Bonchev–Trinajstić information content (AvgIpc) is 2.24. The normalized spacial score (nSPS) is 45.0. The highest BCUT2D eigenvalue weighted by atomic mass is 32.2. The molecule has 3 heteroatoms. The molecule has 2 fully saturated rings. The summed E-state index contributed by atoms with van der Waals surface area (Å²) in [5.41, 5.74) is -0.455. The second-order valence-electron chi connectivity index (χ2n) is 4.52. The van der Waals surface area contributed by atoms with Crippen molar-refractivity contribution in [2.24, 2.45) is 5.92 Å². The molecule has 2 rings (SSSR count). The summed E-state index contributed by atoms with van der Waals surface area (Å²) in [7, 11) is 0. The van der Waals surface area contributed by atoms with Gasteiger partial charge in [0.25, 0.3) is 0 Å². The fourth-order valence-electron chi connectivity index (χ4n) is 2.63. The van der Waals surface area contributed by atoms with Crippen LogP contribution in [0.15, 0.2) is 0 Å². The lowest BCUT2D eigenvalue weighted by molar-refractivity contribution is -0.0841. The van der Waals surface area contributed by atoms with Crippen molar-refractivity contribution < 1.29 is 9.84 Å². The number of aliphatic hydroxyl groups is 1. The van der Waals surface area contributed by atoms with Crippen molar-refractivity contribution in [1.82, 2.24) is 0 Å². The maximum absolute atomic E-state index is 10.7. The molecule has 0 aromatic rings. The summed E-state index contributed by atoms with van der Waals surface area (Å²) in [5, 5.41) is 11.0. The average molecular weight is 216 g/mol. The second-order valence-corrected chi connectivity index (χ2v) is 5.97. The number of hydrogen-bond donors (Lipinski definition) is 1. The second kappa shape index (κ2) is 4.42. The molecule has 14 heavy (non-hydrogen) atoms. The van der Waals surface area contributed by atoms with Gasteiger partial charge < -0.3 is 9.84 Å². The quantitative estimate of drug-likeness (QED) is 0.727. The molecule has 3 atom stereocenters. The minimum atomic E-state index is -0.455. The Labute approximate surface area is 90.4 Å². The van der Waals surface area contributed by atoms with Crippen LogP contribution in [-0.4, -0.2) is 34.9 Å². The van der Waals surface area contributed by atoms with Gasteiger partial charge >= 0.3 is 0 Å². The van der Waals surface area contributed by atoms with E-state index in [0.29, 0.717) is 11.2 Å². The monoisotopic (exact) mass is 216 g/mol. The number of rotatable bonds is 1. The molecule has 2 heterocycles. The predicted molar refractivity (Wildman–Crippen MR) is 59.6 cm³/mol. The molecule has 0 aromatic carbocycles. The van der Waals surface area contributed by atoms with Gasteiger partial charge in [0.2, 0.25) is 0 Å². The number of thioether (sulfide) groups is 1. The van der Waals surface area contributed by atoms with Crippen molar-refractivity contribution in [1.29, 1.82) is 0 Å². The van der Waals surface area contributed by atoms with Gasteiger partial charge in [-0.2, -0.15) is 11.8 Å². The molecule has 2 nitrogen and oxygen atoms in total. The van der Waals surface area contributed by atoms with Crippen molar-refractivity contribution in [3.63, 3.8) is 0 Å². The van der Waals surface area contributed by atoms with Crippen molar-refractivity contribution in [3.05, 3.63) is 0 Å². The molecule has 2 aliphatic rings. The van der Waals surface area contributed by atoms with Gasteiger partial charge in [0, 0.05) is 17.8 Å². The van der Waals surface area contributed by atoms with Crippen molar-refractivity contribution in [3.8, 4) is 0 Å². The predicted octanol–water partition coefficient (Wildman–Crippen LogP) is 2.06. The third kappa shape index (κ3) is 1.95. The Morgan fingerprint density at radius 2 is 2.29 bits per heavy atom. The highest BCUT2D eigenvalue weighted by molar-refractivity contribution is 8.00. The van der Waals surface area contributed by atoms with Gasteiger partial charge in [-0.25, -0.2) is 0 Å². The lowest BCUT2D eigenvalue weighted by Gasteiger charge is -2.44. The molecule has 0 bridgehead atoms. The van der Waals surface area contributed by atoms with E-state index in [1.807, 2.05) is 11.8 Å². The van der Waals surface area contributed by atoms with Gasteiger partial charge in [-0.3, -0.25) is 0 Å². The lowest BCUT2D eigenvalue weighted by atomic mass is 9.78. The maximum atomic E-state index is 10.7. The summed E-state index contributed by atoms with van der Waals surface area (Å²) in [4.78, 5) is 0. The summed E-state index contributed by atoms with van der Waals surface area (Å²) in [6, 6.07) is 0. The first kappa shape index (κ1) is 10.8. The highest BCUT2D eigenvalue weighted by Crippen LogP contribution is 2.41. The van der Waals surface area contributed by atoms with Crippen LogP contribution >= 0.6 is 11.8 Å². The Hall–Kier alpha value is 0.270. The van der Waals surface area contributed by atoms with E-state index >= 15 is 0 Å². The van der Waals surface area contributed by atoms with E-state index in [1.54, 1.807) is 0 Å². The fraction of sp³-hybridized carbons (Fsp3) is 1.00. The molecular weight excluding hydrogens is 196 g/mol. The van der Waals surface area contributed by atoms with E-state index < -0.39 is 5.60 Å². The van der Waals surface area contributed by atoms with Crippen LogP contribution in [-0.2, 0) is 4.74 Å². The smallest absolute Gasteiger partial charge is 0.0813 e. The largest absolute Gasteiger partial charge is 0.388 e. The third-order valence-corrected chi connectivity index (χ3v) is 5.09. The van der Waals surface area contributed by atoms with Crippen LogP contribution in [0.25, 0.3) is 0 Å². The molecule has 82 valence electrons. The van der Waals surface area contributed by atoms with Crippen LogP contribution in [0.1, 0.15) is 32.6 Å². The fourth-order valence-corrected chi connectivity index (χ4v) is 3.90. The summed E-state index contributed by atoms with van der Waals surface area (Å²) in [6.45, 7) is 3.81. The zero-order valence-corrected chi connectivity index (χ0v) is 9.68. The molecule has 0 radical (unpaired) electrons. The number of ether oxygens (including phenoxy) is 1. The molecule has 3 unspecified atom stereocenters. The standard InChI is InChI=1S/C11H20O2S/c1-9-11(12,5-3-7-14-9)10-4-2-6-13-8-10/h9-10,12H,2-8H2,1H3. The van der Waals surface area contributed by atoms with E-state index in [4.69, 9.17) is 4.74 Å².